The van der Waals surface area contributed by atoms with E-state index >= 15 is 0 Å². The molecule has 19 heavy (non-hydrogen) atoms. The van der Waals surface area contributed by atoms with Gasteiger partial charge in [0.15, 0.2) is 0 Å². The number of nitrogens with one attached hydrogen (secondary N) is 1. The number of rotatable bonds is 3. The van der Waals surface area contributed by atoms with Crippen molar-refractivity contribution in [2.75, 3.05) is 5.32 Å². The summed E-state index contributed by atoms with van der Waals surface area (Å²) in [5.41, 5.74) is 0.235. The topological polar surface area (TPSA) is 88.5 Å². The van der Waals surface area contributed by atoms with E-state index in [0.717, 1.165) is 0 Å². The molecule has 1 aromatic carbocycles. The average molecular weight is 258 g/mol. The monoisotopic (exact) mass is 258 g/mol. The molecule has 1 aromatic heterocycles. The summed E-state index contributed by atoms with van der Waals surface area (Å²) in [4.78, 5) is 26.0. The summed E-state index contributed by atoms with van der Waals surface area (Å²) in [6.07, 6.45) is 1.81. The third-order valence-electron chi connectivity index (χ3n) is 2.19. The molecule has 2 aromatic rings. The Morgan fingerprint density at radius 2 is 1.89 bits per heavy atom. The number of anilines is 1. The summed E-state index contributed by atoms with van der Waals surface area (Å²) in [5, 5.41) is 11.2. The van der Waals surface area contributed by atoms with Crippen LogP contribution in [-0.4, -0.2) is 22.2 Å². The summed E-state index contributed by atoms with van der Waals surface area (Å²) < 4.78 is 4.99. The number of amides is 1. The van der Waals surface area contributed by atoms with E-state index in [0.29, 0.717) is 5.75 Å². The van der Waals surface area contributed by atoms with Crippen LogP contribution in [0.25, 0.3) is 0 Å². The molecule has 0 atom stereocenters. The number of carboxylic acids is 1. The lowest BCUT2D eigenvalue weighted by Crippen LogP contribution is -2.17. The maximum Gasteiger partial charge on any atom is 0.417 e. The molecular weight excluding hydrogens is 248 g/mol. The number of carboxylic acid groups (broad SMARTS) is 1. The van der Waals surface area contributed by atoms with Crippen LogP contribution < -0.4 is 10.1 Å². The Bertz CT molecular complexity index is 599. The summed E-state index contributed by atoms with van der Waals surface area (Å²) in [7, 11) is 0. The van der Waals surface area contributed by atoms with Crippen LogP contribution >= 0.6 is 0 Å². The van der Waals surface area contributed by atoms with E-state index in [-0.39, 0.29) is 11.3 Å². The number of ether oxygens (including phenoxy) is 1. The first kappa shape index (κ1) is 12.6. The van der Waals surface area contributed by atoms with Gasteiger partial charge in [-0.05, 0) is 18.2 Å². The molecule has 0 unspecified atom stereocenters. The lowest BCUT2D eigenvalue weighted by molar-refractivity contribution is 0.0696. The zero-order valence-electron chi connectivity index (χ0n) is 9.74. The van der Waals surface area contributed by atoms with Crippen LogP contribution in [0.15, 0.2) is 48.8 Å². The minimum absolute atomic E-state index is 0.0162. The van der Waals surface area contributed by atoms with Gasteiger partial charge in [0.05, 0.1) is 17.4 Å². The molecule has 0 aliphatic rings. The fourth-order valence-corrected chi connectivity index (χ4v) is 1.36. The fourth-order valence-electron chi connectivity index (χ4n) is 1.36. The SMILES string of the molecule is O=C(Nc1cncc(C(=O)O)c1)Oc1ccccc1. The van der Waals surface area contributed by atoms with Crippen LogP contribution in [0.2, 0.25) is 0 Å². The van der Waals surface area contributed by atoms with Crippen LogP contribution in [0.1, 0.15) is 10.4 Å². The second-order valence-electron chi connectivity index (χ2n) is 3.60. The zero-order valence-corrected chi connectivity index (χ0v) is 9.74. The van der Waals surface area contributed by atoms with Gasteiger partial charge in [0.2, 0.25) is 0 Å². The Labute approximate surface area is 108 Å². The van der Waals surface area contributed by atoms with Gasteiger partial charge < -0.3 is 9.84 Å². The fraction of sp³-hybridized carbons (Fsp3) is 0. The Kier molecular flexibility index (Phi) is 3.72. The second kappa shape index (κ2) is 5.63. The third-order valence-corrected chi connectivity index (χ3v) is 2.19. The van der Waals surface area contributed by atoms with E-state index in [2.05, 4.69) is 10.3 Å². The molecule has 96 valence electrons. The molecule has 0 saturated heterocycles. The molecular formula is C13H10N2O4. The first-order chi connectivity index (χ1) is 9.15. The van der Waals surface area contributed by atoms with Gasteiger partial charge >= 0.3 is 12.1 Å². The summed E-state index contributed by atoms with van der Waals surface area (Å²) >= 11 is 0. The predicted molar refractivity (Wildman–Crippen MR) is 67.3 cm³/mol. The lowest BCUT2D eigenvalue weighted by Gasteiger charge is -2.06. The molecule has 0 radical (unpaired) electrons. The highest BCUT2D eigenvalue weighted by Gasteiger charge is 2.08. The van der Waals surface area contributed by atoms with Gasteiger partial charge in [-0.3, -0.25) is 10.3 Å². The van der Waals surface area contributed by atoms with E-state index in [1.165, 1.54) is 18.5 Å². The van der Waals surface area contributed by atoms with Crippen molar-refractivity contribution in [1.82, 2.24) is 4.98 Å². The average Bonchev–Trinajstić information content (AvgIpc) is 2.40. The van der Waals surface area contributed by atoms with Gasteiger partial charge in [0.1, 0.15) is 5.75 Å². The highest BCUT2D eigenvalue weighted by molar-refractivity contribution is 5.91. The van der Waals surface area contributed by atoms with E-state index in [1.54, 1.807) is 30.3 Å². The number of pyridine rings is 1. The third kappa shape index (κ3) is 3.53. The van der Waals surface area contributed by atoms with Gasteiger partial charge in [-0.25, -0.2) is 9.59 Å². The molecule has 0 saturated carbocycles. The van der Waals surface area contributed by atoms with Gasteiger partial charge in [0.25, 0.3) is 0 Å². The number of benzene rings is 1. The minimum Gasteiger partial charge on any atom is -0.478 e. The van der Waals surface area contributed by atoms with Crippen molar-refractivity contribution in [3.8, 4) is 5.75 Å². The number of aromatic nitrogens is 1. The van der Waals surface area contributed by atoms with Crippen LogP contribution in [0, 0.1) is 0 Å². The van der Waals surface area contributed by atoms with Crippen molar-refractivity contribution in [3.05, 3.63) is 54.4 Å². The van der Waals surface area contributed by atoms with Gasteiger partial charge in [-0.1, -0.05) is 18.2 Å². The molecule has 0 aliphatic heterocycles. The molecule has 1 amide bonds. The lowest BCUT2D eigenvalue weighted by atomic mass is 10.3. The van der Waals surface area contributed by atoms with Crippen LogP contribution in [-0.2, 0) is 0 Å². The molecule has 2 rings (SSSR count). The standard InChI is InChI=1S/C13H10N2O4/c16-12(17)9-6-10(8-14-7-9)15-13(18)19-11-4-2-1-3-5-11/h1-8H,(H,15,18)(H,16,17). The number of hydrogen-bond donors (Lipinski definition) is 2. The maximum atomic E-state index is 11.6. The van der Waals surface area contributed by atoms with E-state index < -0.39 is 12.1 Å². The molecule has 2 N–H and O–H groups in total. The van der Waals surface area contributed by atoms with E-state index in [9.17, 15) is 9.59 Å². The molecule has 0 bridgehead atoms. The van der Waals surface area contributed by atoms with E-state index in [1.807, 2.05) is 0 Å². The normalized spacial score (nSPS) is 9.68. The van der Waals surface area contributed by atoms with Gasteiger partial charge in [0, 0.05) is 6.20 Å². The van der Waals surface area contributed by atoms with Crippen molar-refractivity contribution >= 4 is 17.7 Å². The molecule has 6 heteroatoms. The number of nitrogens with zero attached hydrogens (tertiary/aromatic N) is 1. The predicted octanol–water partition coefficient (Wildman–Crippen LogP) is 2.39. The summed E-state index contributed by atoms with van der Waals surface area (Å²) in [6, 6.07) is 9.81. The van der Waals surface area contributed by atoms with Crippen molar-refractivity contribution in [3.63, 3.8) is 0 Å². The van der Waals surface area contributed by atoms with E-state index in [4.69, 9.17) is 9.84 Å². The second-order valence-corrected chi connectivity index (χ2v) is 3.60. The quantitative estimate of drug-likeness (QED) is 0.882. The van der Waals surface area contributed by atoms with Crippen molar-refractivity contribution in [1.29, 1.82) is 0 Å². The number of carbonyl (C=O) groups excluding carboxylic acids is 1. The number of aromatic carboxylic acids is 1. The van der Waals surface area contributed by atoms with Crippen LogP contribution in [0.3, 0.4) is 0 Å². The first-order valence-electron chi connectivity index (χ1n) is 5.37. The van der Waals surface area contributed by atoms with Crippen molar-refractivity contribution in [2.24, 2.45) is 0 Å². The molecule has 0 fully saturated rings. The molecule has 6 nitrogen and oxygen atoms in total. The Morgan fingerprint density at radius 3 is 2.58 bits per heavy atom. The van der Waals surface area contributed by atoms with Crippen LogP contribution in [0.4, 0.5) is 10.5 Å². The van der Waals surface area contributed by atoms with Crippen LogP contribution in [0.5, 0.6) is 5.75 Å². The first-order valence-corrected chi connectivity index (χ1v) is 5.37. The molecule has 0 spiro atoms. The van der Waals surface area contributed by atoms with Crippen molar-refractivity contribution in [2.45, 2.75) is 0 Å². The largest absolute Gasteiger partial charge is 0.478 e. The summed E-state index contributed by atoms with van der Waals surface area (Å²) in [6.45, 7) is 0. The van der Waals surface area contributed by atoms with Gasteiger partial charge in [-0.2, -0.15) is 0 Å². The Morgan fingerprint density at radius 1 is 1.16 bits per heavy atom. The number of carbonyl (C=O) groups is 2. The highest BCUT2D eigenvalue weighted by Crippen LogP contribution is 2.12. The highest BCUT2D eigenvalue weighted by atomic mass is 16.6. The van der Waals surface area contributed by atoms with Gasteiger partial charge in [-0.15, -0.1) is 0 Å². The number of para-hydroxylation sites is 1. The minimum atomic E-state index is -1.12. The Balaban J connectivity index is 2.03. The maximum absolute atomic E-state index is 11.6. The molecule has 1 heterocycles. The Hall–Kier alpha value is -2.89. The zero-order chi connectivity index (χ0) is 13.7. The summed E-state index contributed by atoms with van der Waals surface area (Å²) in [5.74, 6) is -0.727. The van der Waals surface area contributed by atoms with Crippen molar-refractivity contribution < 1.29 is 19.4 Å². The smallest absolute Gasteiger partial charge is 0.417 e. The number of hydrogen-bond acceptors (Lipinski definition) is 4. The molecule has 0 aliphatic carbocycles.